The van der Waals surface area contributed by atoms with E-state index in [9.17, 15) is 4.79 Å². The third-order valence-electron chi connectivity index (χ3n) is 1.63. The minimum Gasteiger partial charge on any atom is -0.466 e. The Bertz CT molecular complexity index is 123. The van der Waals surface area contributed by atoms with Gasteiger partial charge < -0.3 is 9.47 Å². The van der Waals surface area contributed by atoms with Crippen LogP contribution in [0.15, 0.2) is 0 Å². The van der Waals surface area contributed by atoms with Crippen LogP contribution in [0.2, 0.25) is 0 Å². The summed E-state index contributed by atoms with van der Waals surface area (Å²) in [7, 11) is 0. The molecule has 13 heavy (non-hydrogen) atoms. The third kappa shape index (κ3) is 9.34. The van der Waals surface area contributed by atoms with Crippen LogP contribution in [-0.2, 0) is 14.3 Å². The first-order chi connectivity index (χ1) is 6.31. The number of esters is 1. The van der Waals surface area contributed by atoms with E-state index in [0.717, 1.165) is 25.9 Å². The van der Waals surface area contributed by atoms with Gasteiger partial charge in [0.05, 0.1) is 6.61 Å². The summed E-state index contributed by atoms with van der Waals surface area (Å²) in [6, 6.07) is 0. The lowest BCUT2D eigenvalue weighted by molar-refractivity contribution is -0.144. The molecule has 0 bridgehead atoms. The maximum atomic E-state index is 11.0. The molecule has 0 fully saturated rings. The number of ether oxygens (including phenoxy) is 2. The van der Waals surface area contributed by atoms with E-state index in [0.29, 0.717) is 19.6 Å². The summed E-state index contributed by atoms with van der Waals surface area (Å²) in [5.41, 5.74) is 0. The van der Waals surface area contributed by atoms with Crippen molar-refractivity contribution < 1.29 is 14.3 Å². The van der Waals surface area contributed by atoms with Crippen molar-refractivity contribution in [2.75, 3.05) is 19.8 Å². The Morgan fingerprint density at radius 1 is 1.15 bits per heavy atom. The van der Waals surface area contributed by atoms with Crippen molar-refractivity contribution in [1.29, 1.82) is 0 Å². The molecule has 0 aliphatic heterocycles. The van der Waals surface area contributed by atoms with Gasteiger partial charge in [0.15, 0.2) is 0 Å². The van der Waals surface area contributed by atoms with Gasteiger partial charge in [-0.15, -0.1) is 0 Å². The van der Waals surface area contributed by atoms with Gasteiger partial charge in [-0.05, 0) is 13.3 Å². The van der Waals surface area contributed by atoms with E-state index in [1.807, 2.05) is 6.92 Å². The highest BCUT2D eigenvalue weighted by Crippen LogP contribution is 1.97. The van der Waals surface area contributed by atoms with E-state index in [1.165, 1.54) is 0 Å². The smallest absolute Gasteiger partial charge is 0.305 e. The van der Waals surface area contributed by atoms with Crippen molar-refractivity contribution >= 4 is 5.97 Å². The number of unbranched alkanes of at least 4 members (excludes halogenated alkanes) is 1. The average Bonchev–Trinajstić information content (AvgIpc) is 2.14. The molecule has 0 rings (SSSR count). The van der Waals surface area contributed by atoms with Gasteiger partial charge in [-0.3, -0.25) is 4.79 Å². The van der Waals surface area contributed by atoms with Gasteiger partial charge in [-0.1, -0.05) is 13.3 Å². The first kappa shape index (κ1) is 12.4. The fourth-order valence-electron chi connectivity index (χ4n) is 0.885. The Morgan fingerprint density at radius 3 is 2.54 bits per heavy atom. The summed E-state index contributed by atoms with van der Waals surface area (Å²) in [5, 5.41) is 0. The molecule has 0 saturated carbocycles. The van der Waals surface area contributed by atoms with Gasteiger partial charge in [-0.2, -0.15) is 0 Å². The Balaban J connectivity index is 3.08. The summed E-state index contributed by atoms with van der Waals surface area (Å²) < 4.78 is 10.1. The molecule has 3 heteroatoms. The lowest BCUT2D eigenvalue weighted by atomic mass is 10.2. The normalized spacial score (nSPS) is 10.0. The maximum Gasteiger partial charge on any atom is 0.305 e. The molecule has 0 aromatic heterocycles. The second kappa shape index (κ2) is 9.52. The molecule has 0 unspecified atom stereocenters. The SMILES string of the molecule is CCCCC(=O)OCCCOCC. The van der Waals surface area contributed by atoms with E-state index in [-0.39, 0.29) is 5.97 Å². The number of hydrogen-bond donors (Lipinski definition) is 0. The predicted molar refractivity (Wildman–Crippen MR) is 51.6 cm³/mol. The Labute approximate surface area is 80.4 Å². The molecule has 0 amide bonds. The van der Waals surface area contributed by atoms with Gasteiger partial charge >= 0.3 is 5.97 Å². The largest absolute Gasteiger partial charge is 0.466 e. The van der Waals surface area contributed by atoms with Crippen molar-refractivity contribution in [1.82, 2.24) is 0 Å². The van der Waals surface area contributed by atoms with Crippen LogP contribution in [0, 0.1) is 0 Å². The standard InChI is InChI=1S/C10H20O3/c1-3-5-7-10(11)13-9-6-8-12-4-2/h3-9H2,1-2H3. The lowest BCUT2D eigenvalue weighted by Gasteiger charge is -2.03. The van der Waals surface area contributed by atoms with Gasteiger partial charge in [0.1, 0.15) is 0 Å². The highest BCUT2D eigenvalue weighted by atomic mass is 16.5. The molecule has 0 spiro atoms. The molecule has 3 nitrogen and oxygen atoms in total. The molecule has 0 aromatic carbocycles. The molecule has 0 aliphatic rings. The molecular formula is C10H20O3. The fourth-order valence-corrected chi connectivity index (χ4v) is 0.885. The van der Waals surface area contributed by atoms with Crippen LogP contribution in [0.5, 0.6) is 0 Å². The van der Waals surface area contributed by atoms with Gasteiger partial charge in [0.25, 0.3) is 0 Å². The zero-order valence-corrected chi connectivity index (χ0v) is 8.67. The van der Waals surface area contributed by atoms with Gasteiger partial charge in [0, 0.05) is 26.1 Å². The van der Waals surface area contributed by atoms with E-state index in [1.54, 1.807) is 0 Å². The summed E-state index contributed by atoms with van der Waals surface area (Å²) >= 11 is 0. The lowest BCUT2D eigenvalue weighted by Crippen LogP contribution is -2.07. The molecule has 0 heterocycles. The number of carbonyl (C=O) groups is 1. The van der Waals surface area contributed by atoms with Crippen molar-refractivity contribution in [3.8, 4) is 0 Å². The average molecular weight is 188 g/mol. The monoisotopic (exact) mass is 188 g/mol. The highest BCUT2D eigenvalue weighted by molar-refractivity contribution is 5.69. The summed E-state index contributed by atoms with van der Waals surface area (Å²) in [6.07, 6.45) is 3.30. The van der Waals surface area contributed by atoms with Crippen LogP contribution < -0.4 is 0 Å². The van der Waals surface area contributed by atoms with E-state index in [4.69, 9.17) is 9.47 Å². The maximum absolute atomic E-state index is 11.0. The molecule has 0 saturated heterocycles. The molecule has 0 atom stereocenters. The van der Waals surface area contributed by atoms with Crippen molar-refractivity contribution in [3.63, 3.8) is 0 Å². The van der Waals surface area contributed by atoms with Crippen LogP contribution in [-0.4, -0.2) is 25.8 Å². The number of carbonyl (C=O) groups excluding carboxylic acids is 1. The second-order valence-corrected chi connectivity index (χ2v) is 2.87. The van der Waals surface area contributed by atoms with Crippen molar-refractivity contribution in [2.45, 2.75) is 39.5 Å². The Hall–Kier alpha value is -0.570. The Kier molecular flexibility index (Phi) is 9.10. The highest BCUT2D eigenvalue weighted by Gasteiger charge is 2.00. The van der Waals surface area contributed by atoms with Crippen molar-refractivity contribution in [3.05, 3.63) is 0 Å². The topological polar surface area (TPSA) is 35.5 Å². The zero-order valence-electron chi connectivity index (χ0n) is 8.67. The van der Waals surface area contributed by atoms with Crippen LogP contribution in [0.25, 0.3) is 0 Å². The second-order valence-electron chi connectivity index (χ2n) is 2.87. The summed E-state index contributed by atoms with van der Waals surface area (Å²) in [6.45, 7) is 5.90. The van der Waals surface area contributed by atoms with Crippen molar-refractivity contribution in [2.24, 2.45) is 0 Å². The van der Waals surface area contributed by atoms with Crippen LogP contribution >= 0.6 is 0 Å². The minimum absolute atomic E-state index is 0.0849. The molecule has 0 N–H and O–H groups in total. The van der Waals surface area contributed by atoms with E-state index in [2.05, 4.69) is 6.92 Å². The van der Waals surface area contributed by atoms with Crippen LogP contribution in [0.1, 0.15) is 39.5 Å². The molecule has 0 radical (unpaired) electrons. The van der Waals surface area contributed by atoms with Crippen LogP contribution in [0.3, 0.4) is 0 Å². The van der Waals surface area contributed by atoms with Gasteiger partial charge in [0.2, 0.25) is 0 Å². The van der Waals surface area contributed by atoms with Crippen LogP contribution in [0.4, 0.5) is 0 Å². The fraction of sp³-hybridized carbons (Fsp3) is 0.900. The van der Waals surface area contributed by atoms with E-state index < -0.39 is 0 Å². The zero-order chi connectivity index (χ0) is 9.94. The van der Waals surface area contributed by atoms with Gasteiger partial charge in [-0.25, -0.2) is 0 Å². The summed E-state index contributed by atoms with van der Waals surface area (Å²) in [4.78, 5) is 11.0. The van der Waals surface area contributed by atoms with E-state index >= 15 is 0 Å². The third-order valence-corrected chi connectivity index (χ3v) is 1.63. The predicted octanol–water partition coefficient (Wildman–Crippen LogP) is 2.15. The minimum atomic E-state index is -0.0849. The summed E-state index contributed by atoms with van der Waals surface area (Å²) in [5.74, 6) is -0.0849. The first-order valence-corrected chi connectivity index (χ1v) is 5.04. The number of rotatable bonds is 8. The number of hydrogen-bond acceptors (Lipinski definition) is 3. The molecule has 0 aromatic rings. The quantitative estimate of drug-likeness (QED) is 0.432. The molecular weight excluding hydrogens is 168 g/mol. The first-order valence-electron chi connectivity index (χ1n) is 5.04. The molecule has 0 aliphatic carbocycles. The Morgan fingerprint density at radius 2 is 1.92 bits per heavy atom. The molecule has 78 valence electrons.